The average Bonchev–Trinajstić information content (AvgIpc) is 2.82. The summed E-state index contributed by atoms with van der Waals surface area (Å²) in [6.07, 6.45) is 0. The summed E-state index contributed by atoms with van der Waals surface area (Å²) in [5.41, 5.74) is 3.79. The quantitative estimate of drug-likeness (QED) is 0.748. The molecule has 3 heteroatoms. The Morgan fingerprint density at radius 1 is 0.895 bits per heavy atom. The molecule has 19 heavy (non-hydrogen) atoms. The van der Waals surface area contributed by atoms with Gasteiger partial charge in [0.1, 0.15) is 17.2 Å². The Morgan fingerprint density at radius 2 is 1.58 bits per heavy atom. The Bertz CT molecular complexity index is 685. The van der Waals surface area contributed by atoms with Crippen LogP contribution >= 0.6 is 0 Å². The zero-order chi connectivity index (χ0) is 13.2. The van der Waals surface area contributed by atoms with Crippen LogP contribution in [-0.4, -0.2) is 10.3 Å². The molecule has 0 aliphatic rings. The van der Waals surface area contributed by atoms with Gasteiger partial charge >= 0.3 is 0 Å². The van der Waals surface area contributed by atoms with Crippen molar-refractivity contribution in [3.05, 3.63) is 60.4 Å². The monoisotopic (exact) mass is 251 g/mol. The van der Waals surface area contributed by atoms with Crippen LogP contribution in [0.1, 0.15) is 5.76 Å². The Hall–Kier alpha value is -2.55. The van der Waals surface area contributed by atoms with Gasteiger partial charge in [-0.25, -0.2) is 0 Å². The van der Waals surface area contributed by atoms with Crippen LogP contribution < -0.4 is 0 Å². The Balaban J connectivity index is 2.16. The molecule has 3 nitrogen and oxygen atoms in total. The van der Waals surface area contributed by atoms with Crippen LogP contribution in [0.4, 0.5) is 0 Å². The number of nitrogens with zero attached hydrogens (tertiary/aromatic N) is 1. The van der Waals surface area contributed by atoms with Crippen molar-refractivity contribution in [3.63, 3.8) is 0 Å². The second-order valence-corrected chi connectivity index (χ2v) is 4.38. The first-order chi connectivity index (χ1) is 9.25. The van der Waals surface area contributed by atoms with Crippen molar-refractivity contribution in [2.75, 3.05) is 0 Å². The van der Waals surface area contributed by atoms with Crippen LogP contribution in [0.5, 0.6) is 5.75 Å². The topological polar surface area (TPSA) is 46.3 Å². The highest BCUT2D eigenvalue weighted by Crippen LogP contribution is 2.34. The fourth-order valence-corrected chi connectivity index (χ4v) is 2.13. The molecule has 0 spiro atoms. The molecule has 0 aliphatic carbocycles. The molecule has 0 unspecified atom stereocenters. The maximum absolute atomic E-state index is 9.35. The van der Waals surface area contributed by atoms with Crippen molar-refractivity contribution >= 4 is 0 Å². The Labute approximate surface area is 111 Å². The van der Waals surface area contributed by atoms with Gasteiger partial charge in [-0.2, -0.15) is 0 Å². The predicted octanol–water partition coefficient (Wildman–Crippen LogP) is 4.02. The smallest absolute Gasteiger partial charge is 0.142 e. The number of hydrogen-bond donors (Lipinski definition) is 1. The standard InChI is InChI=1S/C16H13NO2/c1-11-15(12-5-3-2-4-6-12)16(17-19-11)13-7-9-14(18)10-8-13/h2-10,18H,1H3. The number of rotatable bonds is 2. The molecule has 3 rings (SSSR count). The van der Waals surface area contributed by atoms with Gasteiger partial charge in [-0.3, -0.25) is 0 Å². The van der Waals surface area contributed by atoms with Gasteiger partial charge in [-0.15, -0.1) is 0 Å². The second kappa shape index (κ2) is 4.61. The van der Waals surface area contributed by atoms with E-state index in [0.717, 1.165) is 28.1 Å². The van der Waals surface area contributed by atoms with Crippen molar-refractivity contribution < 1.29 is 9.63 Å². The third-order valence-electron chi connectivity index (χ3n) is 3.07. The molecule has 0 radical (unpaired) electrons. The summed E-state index contributed by atoms with van der Waals surface area (Å²) in [4.78, 5) is 0. The van der Waals surface area contributed by atoms with Gasteiger partial charge in [-0.1, -0.05) is 35.5 Å². The first kappa shape index (κ1) is 11.5. The molecule has 1 aromatic heterocycles. The van der Waals surface area contributed by atoms with E-state index in [1.807, 2.05) is 49.4 Å². The van der Waals surface area contributed by atoms with E-state index < -0.39 is 0 Å². The molecule has 0 saturated carbocycles. The number of hydrogen-bond acceptors (Lipinski definition) is 3. The molecule has 0 saturated heterocycles. The van der Waals surface area contributed by atoms with Crippen molar-refractivity contribution in [2.45, 2.75) is 6.92 Å². The minimum absolute atomic E-state index is 0.241. The van der Waals surface area contributed by atoms with Crippen LogP contribution in [0.3, 0.4) is 0 Å². The molecule has 1 heterocycles. The number of benzene rings is 2. The summed E-state index contributed by atoms with van der Waals surface area (Å²) in [7, 11) is 0. The SMILES string of the molecule is Cc1onc(-c2ccc(O)cc2)c1-c1ccccc1. The van der Waals surface area contributed by atoms with Gasteiger partial charge in [0.05, 0.1) is 5.56 Å². The predicted molar refractivity (Wildman–Crippen MR) is 73.8 cm³/mol. The highest BCUT2D eigenvalue weighted by molar-refractivity contribution is 5.81. The lowest BCUT2D eigenvalue weighted by molar-refractivity contribution is 0.400. The normalized spacial score (nSPS) is 10.6. The van der Waals surface area contributed by atoms with E-state index in [1.165, 1.54) is 0 Å². The molecule has 2 aromatic carbocycles. The van der Waals surface area contributed by atoms with Crippen LogP contribution in [-0.2, 0) is 0 Å². The Kier molecular flexibility index (Phi) is 2.80. The number of aromatic nitrogens is 1. The maximum Gasteiger partial charge on any atom is 0.142 e. The van der Waals surface area contributed by atoms with E-state index in [9.17, 15) is 5.11 Å². The van der Waals surface area contributed by atoms with E-state index in [0.29, 0.717) is 0 Å². The lowest BCUT2D eigenvalue weighted by Gasteiger charge is -2.03. The number of phenols is 1. The molecule has 1 N–H and O–H groups in total. The highest BCUT2D eigenvalue weighted by atomic mass is 16.5. The van der Waals surface area contributed by atoms with Gasteiger partial charge < -0.3 is 9.63 Å². The van der Waals surface area contributed by atoms with Crippen LogP contribution in [0.15, 0.2) is 59.1 Å². The zero-order valence-electron chi connectivity index (χ0n) is 10.5. The molecule has 0 bridgehead atoms. The second-order valence-electron chi connectivity index (χ2n) is 4.38. The number of aromatic hydroxyl groups is 1. The number of aryl methyl sites for hydroxylation is 1. The summed E-state index contributed by atoms with van der Waals surface area (Å²) < 4.78 is 5.32. The van der Waals surface area contributed by atoms with Crippen LogP contribution in [0.25, 0.3) is 22.4 Å². The minimum Gasteiger partial charge on any atom is -0.508 e. The van der Waals surface area contributed by atoms with Crippen molar-refractivity contribution in [2.24, 2.45) is 0 Å². The first-order valence-electron chi connectivity index (χ1n) is 6.07. The van der Waals surface area contributed by atoms with Crippen molar-refractivity contribution in [3.8, 4) is 28.1 Å². The lowest BCUT2D eigenvalue weighted by Crippen LogP contribution is -1.83. The van der Waals surface area contributed by atoms with Crippen LogP contribution in [0, 0.1) is 6.92 Å². The van der Waals surface area contributed by atoms with E-state index in [1.54, 1.807) is 12.1 Å². The zero-order valence-corrected chi connectivity index (χ0v) is 10.5. The van der Waals surface area contributed by atoms with E-state index in [4.69, 9.17) is 4.52 Å². The van der Waals surface area contributed by atoms with E-state index in [2.05, 4.69) is 5.16 Å². The third kappa shape index (κ3) is 2.10. The molecule has 0 aliphatic heterocycles. The van der Waals surface area contributed by atoms with E-state index >= 15 is 0 Å². The molecule has 3 aromatic rings. The molecule has 94 valence electrons. The average molecular weight is 251 g/mol. The van der Waals surface area contributed by atoms with E-state index in [-0.39, 0.29) is 5.75 Å². The molecule has 0 atom stereocenters. The fourth-order valence-electron chi connectivity index (χ4n) is 2.13. The minimum atomic E-state index is 0.241. The summed E-state index contributed by atoms with van der Waals surface area (Å²) in [6.45, 7) is 1.90. The van der Waals surface area contributed by atoms with Crippen molar-refractivity contribution in [1.82, 2.24) is 5.16 Å². The molecular formula is C16H13NO2. The highest BCUT2D eigenvalue weighted by Gasteiger charge is 2.16. The van der Waals surface area contributed by atoms with Gasteiger partial charge in [0, 0.05) is 5.56 Å². The summed E-state index contributed by atoms with van der Waals surface area (Å²) in [6, 6.07) is 17.0. The summed E-state index contributed by atoms with van der Waals surface area (Å²) in [5.74, 6) is 1.03. The van der Waals surface area contributed by atoms with Gasteiger partial charge in [0.25, 0.3) is 0 Å². The molecule has 0 fully saturated rings. The Morgan fingerprint density at radius 3 is 2.26 bits per heavy atom. The van der Waals surface area contributed by atoms with Crippen LogP contribution in [0.2, 0.25) is 0 Å². The summed E-state index contributed by atoms with van der Waals surface area (Å²) >= 11 is 0. The molecule has 0 amide bonds. The van der Waals surface area contributed by atoms with Gasteiger partial charge in [-0.05, 0) is 36.8 Å². The first-order valence-corrected chi connectivity index (χ1v) is 6.07. The van der Waals surface area contributed by atoms with Crippen molar-refractivity contribution in [1.29, 1.82) is 0 Å². The maximum atomic E-state index is 9.35. The summed E-state index contributed by atoms with van der Waals surface area (Å²) in [5, 5.41) is 13.5. The van der Waals surface area contributed by atoms with Gasteiger partial charge in [0.2, 0.25) is 0 Å². The lowest BCUT2D eigenvalue weighted by atomic mass is 9.99. The molecular weight excluding hydrogens is 238 g/mol. The third-order valence-corrected chi connectivity index (χ3v) is 3.07. The van der Waals surface area contributed by atoms with Gasteiger partial charge in [0.15, 0.2) is 0 Å². The largest absolute Gasteiger partial charge is 0.508 e. The fraction of sp³-hybridized carbons (Fsp3) is 0.0625. The number of phenolic OH excluding ortho intramolecular Hbond substituents is 1.